The Hall–Kier alpha value is -2.14. The Morgan fingerprint density at radius 1 is 1.18 bits per heavy atom. The highest BCUT2D eigenvalue weighted by atomic mass is 35.5. The number of rotatable bonds is 4. The SMILES string of the molecule is COC(=O)c1c(OC)nc(-c2ccc(Cl)cc2)nc1C1CC1. The van der Waals surface area contributed by atoms with Gasteiger partial charge in [-0.1, -0.05) is 11.6 Å². The second-order valence-electron chi connectivity index (χ2n) is 5.09. The molecule has 1 aliphatic carbocycles. The Morgan fingerprint density at radius 2 is 1.86 bits per heavy atom. The number of methoxy groups -OCH3 is 2. The van der Waals surface area contributed by atoms with Crippen molar-refractivity contribution in [2.75, 3.05) is 14.2 Å². The summed E-state index contributed by atoms with van der Waals surface area (Å²) in [6.07, 6.45) is 2.01. The largest absolute Gasteiger partial charge is 0.480 e. The minimum Gasteiger partial charge on any atom is -0.480 e. The van der Waals surface area contributed by atoms with Gasteiger partial charge in [-0.2, -0.15) is 4.98 Å². The van der Waals surface area contributed by atoms with Crippen molar-refractivity contribution in [3.05, 3.63) is 40.5 Å². The number of hydrogen-bond acceptors (Lipinski definition) is 5. The lowest BCUT2D eigenvalue weighted by Crippen LogP contribution is -2.12. The molecule has 5 nitrogen and oxygen atoms in total. The molecule has 0 spiro atoms. The number of halogens is 1. The maximum absolute atomic E-state index is 12.0. The molecule has 0 amide bonds. The zero-order valence-electron chi connectivity index (χ0n) is 12.3. The second kappa shape index (κ2) is 5.93. The molecule has 1 aromatic carbocycles. The van der Waals surface area contributed by atoms with Crippen molar-refractivity contribution in [1.29, 1.82) is 0 Å². The Morgan fingerprint density at radius 3 is 2.41 bits per heavy atom. The average Bonchev–Trinajstić information content (AvgIpc) is 3.38. The first kappa shape index (κ1) is 14.8. The molecule has 22 heavy (non-hydrogen) atoms. The number of benzene rings is 1. The molecule has 1 saturated carbocycles. The first-order chi connectivity index (χ1) is 10.6. The number of aromatic nitrogens is 2. The fraction of sp³-hybridized carbons (Fsp3) is 0.312. The van der Waals surface area contributed by atoms with Gasteiger partial charge in [0.2, 0.25) is 5.88 Å². The van der Waals surface area contributed by atoms with Crippen LogP contribution in [0, 0.1) is 0 Å². The number of carbonyl (C=O) groups is 1. The quantitative estimate of drug-likeness (QED) is 0.808. The Labute approximate surface area is 133 Å². The predicted molar refractivity (Wildman–Crippen MR) is 82.3 cm³/mol. The molecule has 3 rings (SSSR count). The molecule has 0 bridgehead atoms. The van der Waals surface area contributed by atoms with Crippen LogP contribution in [0.2, 0.25) is 5.02 Å². The van der Waals surface area contributed by atoms with E-state index in [1.165, 1.54) is 14.2 Å². The van der Waals surface area contributed by atoms with Gasteiger partial charge in [-0.3, -0.25) is 0 Å². The molecule has 0 unspecified atom stereocenters. The molecule has 0 atom stereocenters. The fourth-order valence-electron chi connectivity index (χ4n) is 2.28. The van der Waals surface area contributed by atoms with Crippen LogP contribution < -0.4 is 4.74 Å². The summed E-state index contributed by atoms with van der Waals surface area (Å²) in [5.41, 5.74) is 1.84. The molecule has 1 aliphatic rings. The second-order valence-corrected chi connectivity index (χ2v) is 5.53. The third-order valence-corrected chi connectivity index (χ3v) is 3.81. The normalized spacial score (nSPS) is 13.8. The highest BCUT2D eigenvalue weighted by Gasteiger charge is 2.34. The van der Waals surface area contributed by atoms with Gasteiger partial charge in [-0.05, 0) is 37.1 Å². The summed E-state index contributed by atoms with van der Waals surface area (Å²) in [4.78, 5) is 21.0. The summed E-state index contributed by atoms with van der Waals surface area (Å²) in [5, 5.41) is 0.643. The Kier molecular flexibility index (Phi) is 3.98. The van der Waals surface area contributed by atoms with E-state index in [9.17, 15) is 4.79 Å². The van der Waals surface area contributed by atoms with E-state index in [1.807, 2.05) is 12.1 Å². The third-order valence-electron chi connectivity index (χ3n) is 3.55. The lowest BCUT2D eigenvalue weighted by Gasteiger charge is -2.12. The Balaban J connectivity index is 2.15. The van der Waals surface area contributed by atoms with Gasteiger partial charge in [0.1, 0.15) is 5.56 Å². The highest BCUT2D eigenvalue weighted by Crippen LogP contribution is 2.43. The van der Waals surface area contributed by atoms with Gasteiger partial charge in [-0.15, -0.1) is 0 Å². The number of ether oxygens (including phenoxy) is 2. The first-order valence-electron chi connectivity index (χ1n) is 6.94. The summed E-state index contributed by atoms with van der Waals surface area (Å²) in [5.74, 6) is 0.551. The van der Waals surface area contributed by atoms with Gasteiger partial charge in [-0.25, -0.2) is 9.78 Å². The third kappa shape index (κ3) is 2.76. The number of nitrogens with zero attached hydrogens (tertiary/aromatic N) is 2. The lowest BCUT2D eigenvalue weighted by atomic mass is 10.1. The maximum Gasteiger partial charge on any atom is 0.345 e. The van der Waals surface area contributed by atoms with Gasteiger partial charge < -0.3 is 9.47 Å². The number of esters is 1. The van der Waals surface area contributed by atoms with Crippen molar-refractivity contribution in [2.45, 2.75) is 18.8 Å². The van der Waals surface area contributed by atoms with Crippen LogP contribution in [0.25, 0.3) is 11.4 Å². The van der Waals surface area contributed by atoms with Gasteiger partial charge in [0.05, 0.1) is 19.9 Å². The van der Waals surface area contributed by atoms with Crippen molar-refractivity contribution < 1.29 is 14.3 Å². The molecular formula is C16H15ClN2O3. The van der Waals surface area contributed by atoms with E-state index < -0.39 is 5.97 Å². The lowest BCUT2D eigenvalue weighted by molar-refractivity contribution is 0.0594. The van der Waals surface area contributed by atoms with E-state index >= 15 is 0 Å². The van der Waals surface area contributed by atoms with Crippen LogP contribution >= 0.6 is 11.6 Å². The smallest absolute Gasteiger partial charge is 0.345 e. The van der Waals surface area contributed by atoms with Crippen LogP contribution in [0.5, 0.6) is 5.88 Å². The molecule has 0 aliphatic heterocycles. The first-order valence-corrected chi connectivity index (χ1v) is 7.32. The van der Waals surface area contributed by atoms with Crippen molar-refractivity contribution in [3.8, 4) is 17.3 Å². The molecule has 0 radical (unpaired) electrons. The molecule has 0 N–H and O–H groups in total. The van der Waals surface area contributed by atoms with Gasteiger partial charge in [0.15, 0.2) is 5.82 Å². The van der Waals surface area contributed by atoms with Crippen LogP contribution in [0.3, 0.4) is 0 Å². The standard InChI is InChI=1S/C16H15ClN2O3/c1-21-15-12(16(20)22-2)13(9-3-4-9)18-14(19-15)10-5-7-11(17)8-6-10/h5-9H,3-4H2,1-2H3. The van der Waals surface area contributed by atoms with Crippen molar-refractivity contribution in [3.63, 3.8) is 0 Å². The van der Waals surface area contributed by atoms with Crippen LogP contribution in [-0.2, 0) is 4.74 Å². The molecule has 1 fully saturated rings. The maximum atomic E-state index is 12.0. The topological polar surface area (TPSA) is 61.3 Å². The summed E-state index contributed by atoms with van der Waals surface area (Å²) >= 11 is 5.91. The molecule has 0 saturated heterocycles. The van der Waals surface area contributed by atoms with Crippen LogP contribution in [0.15, 0.2) is 24.3 Å². The molecular weight excluding hydrogens is 304 g/mol. The molecule has 1 aromatic heterocycles. The van der Waals surface area contributed by atoms with Crippen molar-refractivity contribution >= 4 is 17.6 Å². The zero-order valence-corrected chi connectivity index (χ0v) is 13.1. The minimum absolute atomic E-state index is 0.244. The van der Waals surface area contributed by atoms with Gasteiger partial charge in [0, 0.05) is 16.5 Å². The molecule has 6 heteroatoms. The zero-order chi connectivity index (χ0) is 15.7. The minimum atomic E-state index is -0.471. The molecule has 1 heterocycles. The predicted octanol–water partition coefficient (Wildman–Crippen LogP) is 3.47. The summed E-state index contributed by atoms with van der Waals surface area (Å²) in [7, 11) is 2.82. The van der Waals surface area contributed by atoms with Crippen molar-refractivity contribution in [1.82, 2.24) is 9.97 Å². The van der Waals surface area contributed by atoms with E-state index in [0.29, 0.717) is 22.1 Å². The Bertz CT molecular complexity index is 712. The monoisotopic (exact) mass is 318 g/mol. The number of hydrogen-bond donors (Lipinski definition) is 0. The van der Waals surface area contributed by atoms with Crippen LogP contribution in [0.4, 0.5) is 0 Å². The van der Waals surface area contributed by atoms with Crippen LogP contribution in [0.1, 0.15) is 34.8 Å². The van der Waals surface area contributed by atoms with E-state index in [4.69, 9.17) is 21.1 Å². The van der Waals surface area contributed by atoms with Crippen LogP contribution in [-0.4, -0.2) is 30.2 Å². The van der Waals surface area contributed by atoms with Crippen molar-refractivity contribution in [2.24, 2.45) is 0 Å². The number of carbonyl (C=O) groups excluding carboxylic acids is 1. The summed E-state index contributed by atoms with van der Waals surface area (Å²) < 4.78 is 10.1. The van der Waals surface area contributed by atoms with E-state index in [1.54, 1.807) is 12.1 Å². The molecule has 114 valence electrons. The van der Waals surface area contributed by atoms with E-state index in [2.05, 4.69) is 9.97 Å². The average molecular weight is 319 g/mol. The highest BCUT2D eigenvalue weighted by molar-refractivity contribution is 6.30. The van der Waals surface area contributed by atoms with Gasteiger partial charge in [0.25, 0.3) is 0 Å². The summed E-state index contributed by atoms with van der Waals surface area (Å²) in [6.45, 7) is 0. The fourth-order valence-corrected chi connectivity index (χ4v) is 2.40. The van der Waals surface area contributed by atoms with E-state index in [0.717, 1.165) is 18.4 Å². The van der Waals surface area contributed by atoms with E-state index in [-0.39, 0.29) is 11.8 Å². The molecule has 2 aromatic rings. The summed E-state index contributed by atoms with van der Waals surface area (Å²) in [6, 6.07) is 7.23. The van der Waals surface area contributed by atoms with Gasteiger partial charge >= 0.3 is 5.97 Å².